The van der Waals surface area contributed by atoms with Gasteiger partial charge < -0.3 is 4.98 Å². The van der Waals surface area contributed by atoms with Gasteiger partial charge in [-0.3, -0.25) is 9.69 Å². The third-order valence-electron chi connectivity index (χ3n) is 6.30. The van der Waals surface area contributed by atoms with E-state index in [-0.39, 0.29) is 5.92 Å². The maximum absolute atomic E-state index is 12.2. The number of ketones is 1. The highest BCUT2D eigenvalue weighted by Gasteiger charge is 2.50. The molecule has 2 aromatic rings. The number of hydrogen-bond donors (Lipinski definition) is 1. The Labute approximate surface area is 130 Å². The quantitative estimate of drug-likeness (QED) is 0.877. The van der Waals surface area contributed by atoms with Crippen LogP contribution >= 0.6 is 0 Å². The van der Waals surface area contributed by atoms with Gasteiger partial charge in [0.25, 0.3) is 0 Å². The van der Waals surface area contributed by atoms with Crippen LogP contribution in [0.2, 0.25) is 0 Å². The minimum Gasteiger partial charge on any atom is -0.358 e. The van der Waals surface area contributed by atoms with Gasteiger partial charge in [0.05, 0.1) is 0 Å². The molecule has 1 aliphatic carbocycles. The summed E-state index contributed by atoms with van der Waals surface area (Å²) in [7, 11) is 0. The number of carbonyl (C=O) groups is 1. The molecule has 0 spiro atoms. The molecule has 4 aliphatic rings. The molecule has 3 nitrogen and oxygen atoms in total. The number of piperidine rings is 2. The third kappa shape index (κ3) is 1.63. The first-order valence-electron chi connectivity index (χ1n) is 8.56. The predicted molar refractivity (Wildman–Crippen MR) is 87.0 cm³/mol. The van der Waals surface area contributed by atoms with Crippen LogP contribution in [-0.2, 0) is 11.2 Å². The number of aromatic nitrogens is 1. The molecule has 3 fully saturated rings. The van der Waals surface area contributed by atoms with Crippen molar-refractivity contribution >= 4 is 16.7 Å². The fourth-order valence-corrected chi connectivity index (χ4v) is 5.48. The molecule has 4 bridgehead atoms. The van der Waals surface area contributed by atoms with E-state index in [0.717, 1.165) is 19.4 Å². The number of benzene rings is 1. The van der Waals surface area contributed by atoms with Gasteiger partial charge in [0.2, 0.25) is 0 Å². The largest absolute Gasteiger partial charge is 0.358 e. The van der Waals surface area contributed by atoms with Crippen LogP contribution in [0.15, 0.2) is 24.3 Å². The van der Waals surface area contributed by atoms with Crippen LogP contribution in [0.25, 0.3) is 10.9 Å². The molecule has 1 N–H and O–H groups in total. The Balaban J connectivity index is 1.69. The van der Waals surface area contributed by atoms with Crippen LogP contribution in [0.5, 0.6) is 0 Å². The van der Waals surface area contributed by atoms with E-state index in [0.29, 0.717) is 23.7 Å². The molecule has 1 aromatic carbocycles. The summed E-state index contributed by atoms with van der Waals surface area (Å²) in [6, 6.07) is 9.10. The highest BCUT2D eigenvalue weighted by Crippen LogP contribution is 2.50. The first-order chi connectivity index (χ1) is 10.7. The SMILES string of the molecule is CC(=O)C1CC2CC3c4[nH]c5ccccc5c4CCN(C2)[C@@H]13. The molecule has 4 heterocycles. The molecule has 6 rings (SSSR count). The van der Waals surface area contributed by atoms with Crippen LogP contribution in [0, 0.1) is 11.8 Å². The summed E-state index contributed by atoms with van der Waals surface area (Å²) in [6.07, 6.45) is 3.48. The van der Waals surface area contributed by atoms with Crippen LogP contribution in [-0.4, -0.2) is 34.8 Å². The van der Waals surface area contributed by atoms with Crippen molar-refractivity contribution < 1.29 is 4.79 Å². The van der Waals surface area contributed by atoms with E-state index in [1.165, 1.54) is 35.1 Å². The molecule has 114 valence electrons. The number of nitrogens with one attached hydrogen (secondary N) is 1. The molecule has 4 unspecified atom stereocenters. The summed E-state index contributed by atoms with van der Waals surface area (Å²) in [5.74, 6) is 1.85. The van der Waals surface area contributed by atoms with Gasteiger partial charge in [0, 0.05) is 47.6 Å². The number of H-pyrrole nitrogens is 1. The topological polar surface area (TPSA) is 36.1 Å². The van der Waals surface area contributed by atoms with Crippen molar-refractivity contribution in [1.82, 2.24) is 9.88 Å². The van der Waals surface area contributed by atoms with Crippen LogP contribution < -0.4 is 0 Å². The lowest BCUT2D eigenvalue weighted by Crippen LogP contribution is -2.57. The maximum Gasteiger partial charge on any atom is 0.134 e. The molecule has 2 saturated heterocycles. The van der Waals surface area contributed by atoms with Crippen molar-refractivity contribution in [2.45, 2.75) is 38.1 Å². The normalized spacial score (nSPS) is 36.1. The highest BCUT2D eigenvalue weighted by atomic mass is 16.1. The third-order valence-corrected chi connectivity index (χ3v) is 6.30. The minimum atomic E-state index is 0.245. The van der Waals surface area contributed by atoms with Gasteiger partial charge in [0.1, 0.15) is 5.78 Å². The second-order valence-electron chi connectivity index (χ2n) is 7.46. The first-order valence-corrected chi connectivity index (χ1v) is 8.56. The van der Waals surface area contributed by atoms with Crippen LogP contribution in [0.1, 0.15) is 36.9 Å². The van der Waals surface area contributed by atoms with Gasteiger partial charge in [-0.05, 0) is 43.7 Å². The Bertz CT molecular complexity index is 762. The fraction of sp³-hybridized carbons (Fsp3) is 0.526. The molecule has 0 amide bonds. The van der Waals surface area contributed by atoms with E-state index in [9.17, 15) is 4.79 Å². The van der Waals surface area contributed by atoms with E-state index in [1.807, 2.05) is 0 Å². The molecular weight excluding hydrogens is 272 g/mol. The number of hydrogen-bond acceptors (Lipinski definition) is 2. The molecule has 22 heavy (non-hydrogen) atoms. The smallest absolute Gasteiger partial charge is 0.134 e. The molecule has 0 radical (unpaired) electrons. The zero-order chi connectivity index (χ0) is 14.8. The average Bonchev–Trinajstić information content (AvgIpc) is 2.86. The number of nitrogens with zero attached hydrogens (tertiary/aromatic N) is 1. The van der Waals surface area contributed by atoms with Crippen molar-refractivity contribution in [1.29, 1.82) is 0 Å². The minimum absolute atomic E-state index is 0.245. The van der Waals surface area contributed by atoms with Crippen molar-refractivity contribution in [3.8, 4) is 0 Å². The monoisotopic (exact) mass is 294 g/mol. The lowest BCUT2D eigenvalue weighted by molar-refractivity contribution is -0.129. The van der Waals surface area contributed by atoms with Crippen molar-refractivity contribution in [2.24, 2.45) is 11.8 Å². The second-order valence-corrected chi connectivity index (χ2v) is 7.46. The van der Waals surface area contributed by atoms with E-state index in [1.54, 1.807) is 6.92 Å². The standard InChI is InChI=1S/C19H22N2O/c1-11(22)15-8-12-9-16-18-14(6-7-21(10-12)19(15)16)13-4-2-3-5-17(13)20-18/h2-5,12,15-16,19-20H,6-10H2,1H3/t12?,15?,16?,19-/m0/s1. The molecule has 1 aromatic heterocycles. The number of rotatable bonds is 1. The molecule has 5 atom stereocenters. The van der Waals surface area contributed by atoms with E-state index >= 15 is 0 Å². The van der Waals surface area contributed by atoms with Crippen molar-refractivity contribution in [2.75, 3.05) is 13.1 Å². The molecule has 3 heteroatoms. The first kappa shape index (κ1) is 12.9. The van der Waals surface area contributed by atoms with Crippen molar-refractivity contribution in [3.05, 3.63) is 35.5 Å². The summed E-state index contributed by atoms with van der Waals surface area (Å²) >= 11 is 0. The summed E-state index contributed by atoms with van der Waals surface area (Å²) < 4.78 is 0. The van der Waals surface area contributed by atoms with E-state index < -0.39 is 0 Å². The Kier molecular flexibility index (Phi) is 2.61. The summed E-state index contributed by atoms with van der Waals surface area (Å²) in [4.78, 5) is 18.5. The van der Waals surface area contributed by atoms with Gasteiger partial charge in [-0.2, -0.15) is 0 Å². The maximum atomic E-state index is 12.2. The van der Waals surface area contributed by atoms with Gasteiger partial charge in [-0.15, -0.1) is 0 Å². The fourth-order valence-electron chi connectivity index (χ4n) is 5.48. The second kappa shape index (κ2) is 4.45. The number of Topliss-reactive ketones (excluding diaryl/α,β-unsaturated/α-hetero) is 1. The predicted octanol–water partition coefficient (Wildman–Crippen LogP) is 3.11. The number of para-hydroxylation sites is 1. The van der Waals surface area contributed by atoms with Gasteiger partial charge >= 0.3 is 0 Å². The summed E-state index contributed by atoms with van der Waals surface area (Å²) in [6.45, 7) is 4.11. The van der Waals surface area contributed by atoms with Crippen LogP contribution in [0.3, 0.4) is 0 Å². The van der Waals surface area contributed by atoms with E-state index in [2.05, 4.69) is 34.1 Å². The molecule has 1 saturated carbocycles. The van der Waals surface area contributed by atoms with Gasteiger partial charge in [-0.25, -0.2) is 0 Å². The number of fused-ring (bicyclic) bond motifs is 4. The molecule has 3 aliphatic heterocycles. The summed E-state index contributed by atoms with van der Waals surface area (Å²) in [5, 5.41) is 1.39. The van der Waals surface area contributed by atoms with Gasteiger partial charge in [0.15, 0.2) is 0 Å². The molecular formula is C19H22N2O. The summed E-state index contributed by atoms with van der Waals surface area (Å²) in [5.41, 5.74) is 4.21. The van der Waals surface area contributed by atoms with Crippen LogP contribution in [0.4, 0.5) is 0 Å². The Hall–Kier alpha value is -1.61. The zero-order valence-corrected chi connectivity index (χ0v) is 13.0. The average molecular weight is 294 g/mol. The number of carbonyl (C=O) groups excluding carboxylic acids is 1. The van der Waals surface area contributed by atoms with Crippen molar-refractivity contribution in [3.63, 3.8) is 0 Å². The lowest BCUT2D eigenvalue weighted by atomic mass is 9.65. The lowest BCUT2D eigenvalue weighted by Gasteiger charge is -2.52. The van der Waals surface area contributed by atoms with E-state index in [4.69, 9.17) is 0 Å². The Morgan fingerprint density at radius 1 is 1.27 bits per heavy atom. The zero-order valence-electron chi connectivity index (χ0n) is 13.0. The Morgan fingerprint density at radius 2 is 2.14 bits per heavy atom. The highest BCUT2D eigenvalue weighted by molar-refractivity contribution is 5.85. The van der Waals surface area contributed by atoms with Gasteiger partial charge in [-0.1, -0.05) is 18.2 Å². The Morgan fingerprint density at radius 3 is 3.00 bits per heavy atom. The number of aromatic amines is 1.